The van der Waals surface area contributed by atoms with Crippen molar-refractivity contribution in [2.75, 3.05) is 18.1 Å². The average molecular weight is 246 g/mol. The van der Waals surface area contributed by atoms with Crippen LogP contribution in [0, 0.1) is 11.3 Å². The largest absolute Gasteiger partial charge is 0.489 e. The molecule has 92 valence electrons. The van der Waals surface area contributed by atoms with Crippen LogP contribution in [-0.4, -0.2) is 36.6 Å². The maximum atomic E-state index is 11.8. The van der Waals surface area contributed by atoms with E-state index in [1.165, 1.54) is 4.90 Å². The fourth-order valence-electron chi connectivity index (χ4n) is 2.26. The number of cyclic esters (lactones) is 1. The minimum Gasteiger partial charge on any atom is -0.489 e. The van der Waals surface area contributed by atoms with Gasteiger partial charge < -0.3 is 14.6 Å². The molecule has 2 aliphatic rings. The highest BCUT2D eigenvalue weighted by molar-refractivity contribution is 5.93. The molecule has 1 N–H and O–H groups in total. The molecule has 0 radical (unpaired) electrons. The van der Waals surface area contributed by atoms with Crippen LogP contribution in [0.4, 0.5) is 10.5 Å². The molecule has 0 saturated carbocycles. The third-order valence-corrected chi connectivity index (χ3v) is 3.15. The zero-order chi connectivity index (χ0) is 12.7. The fourth-order valence-corrected chi connectivity index (χ4v) is 2.26. The number of nitrogens with zero attached hydrogens (tertiary/aromatic N) is 2. The molecule has 1 aromatic rings. The van der Waals surface area contributed by atoms with E-state index < -0.39 is 12.2 Å². The summed E-state index contributed by atoms with van der Waals surface area (Å²) in [5.41, 5.74) is 1.05. The lowest BCUT2D eigenvalue weighted by Gasteiger charge is -2.30. The summed E-state index contributed by atoms with van der Waals surface area (Å²) >= 11 is 0. The van der Waals surface area contributed by atoms with Crippen molar-refractivity contribution in [1.82, 2.24) is 0 Å². The monoisotopic (exact) mass is 246 g/mol. The van der Waals surface area contributed by atoms with E-state index >= 15 is 0 Å². The van der Waals surface area contributed by atoms with Gasteiger partial charge in [-0.05, 0) is 12.1 Å². The molecular formula is C12H10N2O4. The van der Waals surface area contributed by atoms with Crippen LogP contribution in [0.15, 0.2) is 18.2 Å². The number of fused-ring (bicyclic) bond motifs is 3. The lowest BCUT2D eigenvalue weighted by Crippen LogP contribution is -2.45. The number of aliphatic hydroxyl groups is 1. The Kier molecular flexibility index (Phi) is 2.35. The Bertz CT molecular complexity index is 551. The average Bonchev–Trinajstić information content (AvgIpc) is 2.75. The van der Waals surface area contributed by atoms with Crippen molar-refractivity contribution < 1.29 is 19.4 Å². The SMILES string of the molecule is N#Cc1ccc2c(c1)OCC1C(CO)OC(=O)N21. The Morgan fingerprint density at radius 2 is 2.39 bits per heavy atom. The van der Waals surface area contributed by atoms with Gasteiger partial charge in [0.15, 0.2) is 6.10 Å². The van der Waals surface area contributed by atoms with Gasteiger partial charge in [0.05, 0.1) is 23.9 Å². The van der Waals surface area contributed by atoms with Gasteiger partial charge in [0.1, 0.15) is 18.4 Å². The molecule has 6 heteroatoms. The lowest BCUT2D eigenvalue weighted by atomic mass is 10.1. The molecule has 0 bridgehead atoms. The Morgan fingerprint density at radius 1 is 1.56 bits per heavy atom. The molecule has 1 aromatic carbocycles. The van der Waals surface area contributed by atoms with E-state index in [1.807, 2.05) is 6.07 Å². The van der Waals surface area contributed by atoms with E-state index in [4.69, 9.17) is 19.8 Å². The summed E-state index contributed by atoms with van der Waals surface area (Å²) in [4.78, 5) is 13.2. The van der Waals surface area contributed by atoms with E-state index in [2.05, 4.69) is 0 Å². The Balaban J connectivity index is 2.03. The number of nitriles is 1. The maximum absolute atomic E-state index is 11.8. The molecule has 3 rings (SSSR count). The summed E-state index contributed by atoms with van der Waals surface area (Å²) in [6.45, 7) is 0.0146. The molecule has 0 aromatic heterocycles. The van der Waals surface area contributed by atoms with E-state index in [1.54, 1.807) is 18.2 Å². The molecule has 18 heavy (non-hydrogen) atoms. The first kappa shape index (κ1) is 10.9. The maximum Gasteiger partial charge on any atom is 0.415 e. The zero-order valence-electron chi connectivity index (χ0n) is 9.37. The highest BCUT2D eigenvalue weighted by Gasteiger charge is 2.46. The molecule has 1 amide bonds. The van der Waals surface area contributed by atoms with Gasteiger partial charge in [0, 0.05) is 6.07 Å². The van der Waals surface area contributed by atoms with Crippen LogP contribution in [0.1, 0.15) is 5.56 Å². The molecule has 2 aliphatic heterocycles. The first-order valence-corrected chi connectivity index (χ1v) is 5.52. The van der Waals surface area contributed by atoms with E-state index in [0.29, 0.717) is 17.0 Å². The third kappa shape index (κ3) is 1.41. The van der Waals surface area contributed by atoms with Crippen molar-refractivity contribution in [3.8, 4) is 11.8 Å². The van der Waals surface area contributed by atoms with Crippen molar-refractivity contribution in [3.63, 3.8) is 0 Å². The summed E-state index contributed by atoms with van der Waals surface area (Å²) in [6, 6.07) is 6.55. The standard InChI is InChI=1S/C12H10N2O4/c13-4-7-1-2-8-10(3-7)17-6-9-11(5-15)18-12(16)14(8)9/h1-3,9,11,15H,5-6H2. The molecule has 0 spiro atoms. The van der Waals surface area contributed by atoms with Gasteiger partial charge in [-0.2, -0.15) is 5.26 Å². The second kappa shape index (κ2) is 3.89. The highest BCUT2D eigenvalue weighted by atomic mass is 16.6. The second-order valence-electron chi connectivity index (χ2n) is 4.15. The zero-order valence-corrected chi connectivity index (χ0v) is 9.37. The van der Waals surface area contributed by atoms with Gasteiger partial charge >= 0.3 is 6.09 Å². The quantitative estimate of drug-likeness (QED) is 0.786. The van der Waals surface area contributed by atoms with Gasteiger partial charge in [0.25, 0.3) is 0 Å². The summed E-state index contributed by atoms with van der Waals surface area (Å²) in [5.74, 6) is 0.487. The number of anilines is 1. The first-order valence-electron chi connectivity index (χ1n) is 5.52. The van der Waals surface area contributed by atoms with Crippen LogP contribution in [0.3, 0.4) is 0 Å². The number of amides is 1. The molecule has 2 unspecified atom stereocenters. The summed E-state index contributed by atoms with van der Waals surface area (Å²) in [6.07, 6.45) is -1.06. The van der Waals surface area contributed by atoms with Crippen LogP contribution >= 0.6 is 0 Å². The second-order valence-corrected chi connectivity index (χ2v) is 4.15. The van der Waals surface area contributed by atoms with Crippen LogP contribution < -0.4 is 9.64 Å². The number of carbonyl (C=O) groups is 1. The number of aliphatic hydroxyl groups excluding tert-OH is 1. The van der Waals surface area contributed by atoms with Crippen LogP contribution in [0.5, 0.6) is 5.75 Å². The molecule has 0 aliphatic carbocycles. The van der Waals surface area contributed by atoms with Gasteiger partial charge in [-0.25, -0.2) is 4.79 Å². The van der Waals surface area contributed by atoms with E-state index in [-0.39, 0.29) is 19.3 Å². The van der Waals surface area contributed by atoms with E-state index in [9.17, 15) is 4.79 Å². The smallest absolute Gasteiger partial charge is 0.415 e. The molecule has 6 nitrogen and oxygen atoms in total. The third-order valence-electron chi connectivity index (χ3n) is 3.15. The predicted molar refractivity (Wildman–Crippen MR) is 60.3 cm³/mol. The fraction of sp³-hybridized carbons (Fsp3) is 0.333. The molecule has 2 atom stereocenters. The normalized spacial score (nSPS) is 24.7. The van der Waals surface area contributed by atoms with Gasteiger partial charge in [-0.1, -0.05) is 0 Å². The molecule has 1 fully saturated rings. The number of carbonyl (C=O) groups excluding carboxylic acids is 1. The van der Waals surface area contributed by atoms with Crippen molar-refractivity contribution in [2.45, 2.75) is 12.1 Å². The van der Waals surface area contributed by atoms with Crippen molar-refractivity contribution in [2.24, 2.45) is 0 Å². The molecule has 1 saturated heterocycles. The van der Waals surface area contributed by atoms with Gasteiger partial charge in [0.2, 0.25) is 0 Å². The minimum atomic E-state index is -0.568. The number of hydrogen-bond acceptors (Lipinski definition) is 5. The minimum absolute atomic E-state index is 0.234. The Labute approximate surface area is 103 Å². The van der Waals surface area contributed by atoms with Crippen LogP contribution in [-0.2, 0) is 4.74 Å². The number of hydrogen-bond donors (Lipinski definition) is 1. The van der Waals surface area contributed by atoms with Gasteiger partial charge in [-0.15, -0.1) is 0 Å². The topological polar surface area (TPSA) is 82.8 Å². The predicted octanol–water partition coefficient (Wildman–Crippen LogP) is 0.637. The number of benzene rings is 1. The number of ether oxygens (including phenoxy) is 2. The van der Waals surface area contributed by atoms with Crippen molar-refractivity contribution >= 4 is 11.8 Å². The Hall–Kier alpha value is -2.26. The number of rotatable bonds is 1. The summed E-state index contributed by atoms with van der Waals surface area (Å²) < 4.78 is 10.6. The summed E-state index contributed by atoms with van der Waals surface area (Å²) in [7, 11) is 0. The van der Waals surface area contributed by atoms with Crippen LogP contribution in [0.2, 0.25) is 0 Å². The molecular weight excluding hydrogens is 236 g/mol. The van der Waals surface area contributed by atoms with Crippen molar-refractivity contribution in [3.05, 3.63) is 23.8 Å². The summed E-state index contributed by atoms with van der Waals surface area (Å²) in [5, 5.41) is 18.0. The first-order chi connectivity index (χ1) is 8.74. The van der Waals surface area contributed by atoms with E-state index in [0.717, 1.165) is 0 Å². The van der Waals surface area contributed by atoms with Crippen molar-refractivity contribution in [1.29, 1.82) is 5.26 Å². The van der Waals surface area contributed by atoms with Gasteiger partial charge in [-0.3, -0.25) is 4.90 Å². The van der Waals surface area contributed by atoms with Crippen LogP contribution in [0.25, 0.3) is 0 Å². The lowest BCUT2D eigenvalue weighted by molar-refractivity contribution is 0.0734. The highest BCUT2D eigenvalue weighted by Crippen LogP contribution is 2.38. The Morgan fingerprint density at radius 3 is 3.11 bits per heavy atom. The molecule has 2 heterocycles.